The van der Waals surface area contributed by atoms with Gasteiger partial charge in [0.1, 0.15) is 5.01 Å². The number of anilines is 1. The molecule has 32 heavy (non-hydrogen) atoms. The van der Waals surface area contributed by atoms with Gasteiger partial charge in [-0.3, -0.25) is 9.59 Å². The number of hydrogen-bond donors (Lipinski definition) is 2. The quantitative estimate of drug-likeness (QED) is 0.401. The second-order valence-corrected chi connectivity index (χ2v) is 8.44. The van der Waals surface area contributed by atoms with Gasteiger partial charge < -0.3 is 10.6 Å². The maximum atomic E-state index is 12.4. The Bertz CT molecular complexity index is 1220. The molecular formula is C25H24N4O2S. The fourth-order valence-electron chi connectivity index (χ4n) is 3.57. The van der Waals surface area contributed by atoms with Gasteiger partial charge >= 0.3 is 0 Å². The van der Waals surface area contributed by atoms with E-state index in [2.05, 4.69) is 39.9 Å². The van der Waals surface area contributed by atoms with Crippen LogP contribution in [-0.4, -0.2) is 28.6 Å². The van der Waals surface area contributed by atoms with Gasteiger partial charge in [-0.15, -0.1) is 10.2 Å². The van der Waals surface area contributed by atoms with Crippen LogP contribution in [0.3, 0.4) is 0 Å². The molecule has 4 rings (SSSR count). The van der Waals surface area contributed by atoms with Gasteiger partial charge in [0.2, 0.25) is 11.0 Å². The highest BCUT2D eigenvalue weighted by molar-refractivity contribution is 7.15. The van der Waals surface area contributed by atoms with E-state index in [1.54, 1.807) is 6.07 Å². The number of amides is 2. The summed E-state index contributed by atoms with van der Waals surface area (Å²) in [5.74, 6) is -0.254. The van der Waals surface area contributed by atoms with Gasteiger partial charge in [-0.05, 0) is 34.9 Å². The molecule has 0 aliphatic heterocycles. The van der Waals surface area contributed by atoms with E-state index in [1.807, 2.05) is 54.6 Å². The summed E-state index contributed by atoms with van der Waals surface area (Å²) in [5.41, 5.74) is 1.75. The predicted octanol–water partition coefficient (Wildman–Crippen LogP) is 4.99. The summed E-state index contributed by atoms with van der Waals surface area (Å²) < 4.78 is 0. The minimum absolute atomic E-state index is 0.153. The molecular weight excluding hydrogens is 420 g/mol. The van der Waals surface area contributed by atoms with Crippen LogP contribution >= 0.6 is 11.3 Å². The van der Waals surface area contributed by atoms with Crippen LogP contribution < -0.4 is 10.6 Å². The van der Waals surface area contributed by atoms with Crippen molar-refractivity contribution in [2.75, 3.05) is 11.9 Å². The fraction of sp³-hybridized carbons (Fsp3) is 0.200. The van der Waals surface area contributed by atoms with Gasteiger partial charge in [0.05, 0.1) is 0 Å². The molecule has 0 radical (unpaired) electrons. The van der Waals surface area contributed by atoms with Crippen molar-refractivity contribution < 1.29 is 9.59 Å². The maximum absolute atomic E-state index is 12.4. The summed E-state index contributed by atoms with van der Waals surface area (Å²) in [4.78, 5) is 24.7. The highest BCUT2D eigenvalue weighted by atomic mass is 32.1. The molecule has 0 saturated carbocycles. The summed E-state index contributed by atoms with van der Waals surface area (Å²) >= 11 is 1.38. The first-order valence-corrected chi connectivity index (χ1v) is 11.4. The topological polar surface area (TPSA) is 84.0 Å². The van der Waals surface area contributed by atoms with Crippen LogP contribution in [0.2, 0.25) is 0 Å². The van der Waals surface area contributed by atoms with Crippen LogP contribution in [0.4, 0.5) is 5.13 Å². The van der Waals surface area contributed by atoms with E-state index in [0.717, 1.165) is 22.2 Å². The first-order chi connectivity index (χ1) is 15.6. The van der Waals surface area contributed by atoms with E-state index in [0.29, 0.717) is 10.7 Å². The van der Waals surface area contributed by atoms with Gasteiger partial charge in [0.25, 0.3) is 5.91 Å². The number of hydrogen-bond acceptors (Lipinski definition) is 5. The molecule has 4 aromatic rings. The molecule has 0 spiro atoms. The van der Waals surface area contributed by atoms with E-state index in [1.165, 1.54) is 16.9 Å². The van der Waals surface area contributed by atoms with E-state index < -0.39 is 0 Å². The molecule has 0 aliphatic rings. The number of carbonyl (C=O) groups is 2. The molecule has 6 nitrogen and oxygen atoms in total. The number of aromatic nitrogens is 2. The maximum Gasteiger partial charge on any atom is 0.251 e. The Morgan fingerprint density at radius 3 is 2.47 bits per heavy atom. The van der Waals surface area contributed by atoms with Crippen molar-refractivity contribution in [3.63, 3.8) is 0 Å². The molecule has 3 aromatic carbocycles. The highest BCUT2D eigenvalue weighted by Gasteiger charge is 2.18. The number of fused-ring (bicyclic) bond motifs is 1. The lowest BCUT2D eigenvalue weighted by Crippen LogP contribution is -2.27. The van der Waals surface area contributed by atoms with E-state index in [9.17, 15) is 9.59 Å². The Morgan fingerprint density at radius 2 is 1.69 bits per heavy atom. The normalized spacial score (nSPS) is 11.8. The van der Waals surface area contributed by atoms with Gasteiger partial charge in [0.15, 0.2) is 0 Å². The van der Waals surface area contributed by atoms with Crippen molar-refractivity contribution in [2.24, 2.45) is 0 Å². The Labute approximate surface area is 190 Å². The molecule has 1 unspecified atom stereocenters. The van der Waals surface area contributed by atoms with Gasteiger partial charge in [-0.2, -0.15) is 0 Å². The summed E-state index contributed by atoms with van der Waals surface area (Å²) in [5, 5.41) is 17.4. The van der Waals surface area contributed by atoms with Crippen molar-refractivity contribution >= 4 is 39.1 Å². The van der Waals surface area contributed by atoms with Crippen LogP contribution in [0.5, 0.6) is 0 Å². The molecule has 2 N–H and O–H groups in total. The zero-order valence-corrected chi connectivity index (χ0v) is 18.6. The van der Waals surface area contributed by atoms with Crippen molar-refractivity contribution in [3.8, 4) is 0 Å². The first kappa shape index (κ1) is 21.6. The molecule has 1 aromatic heterocycles. The lowest BCUT2D eigenvalue weighted by molar-refractivity contribution is -0.116. The number of benzene rings is 3. The number of carbonyl (C=O) groups excluding carboxylic acids is 2. The number of nitrogens with one attached hydrogen (secondary N) is 2. The Hall–Kier alpha value is -3.58. The second kappa shape index (κ2) is 10.2. The molecule has 1 atom stereocenters. The Morgan fingerprint density at radius 1 is 0.938 bits per heavy atom. The third-order valence-corrected chi connectivity index (χ3v) is 6.20. The monoisotopic (exact) mass is 444 g/mol. The third-order valence-electron chi connectivity index (χ3n) is 5.24. The number of nitrogens with zero attached hydrogens (tertiary/aromatic N) is 2. The number of rotatable bonds is 8. The fourth-order valence-corrected chi connectivity index (χ4v) is 4.54. The molecule has 162 valence electrons. The van der Waals surface area contributed by atoms with Crippen LogP contribution in [0.1, 0.15) is 46.6 Å². The summed E-state index contributed by atoms with van der Waals surface area (Å²) in [6.07, 6.45) is 1.05. The summed E-state index contributed by atoms with van der Waals surface area (Å²) in [6.45, 7) is 2.35. The van der Waals surface area contributed by atoms with E-state index in [-0.39, 0.29) is 30.7 Å². The zero-order valence-electron chi connectivity index (χ0n) is 17.7. The highest BCUT2D eigenvalue weighted by Crippen LogP contribution is 2.31. The first-order valence-electron chi connectivity index (χ1n) is 10.6. The minimum atomic E-state index is -0.209. The lowest BCUT2D eigenvalue weighted by Gasteiger charge is -2.11. The van der Waals surface area contributed by atoms with Crippen LogP contribution in [-0.2, 0) is 4.79 Å². The SMILES string of the molecule is CCC(c1ccccc1)c1nnc(NC(=O)CCNC(=O)c2ccc3ccccc3c2)s1. The molecule has 0 aliphatic carbocycles. The largest absolute Gasteiger partial charge is 0.352 e. The van der Waals surface area contributed by atoms with Crippen molar-refractivity contribution in [1.29, 1.82) is 0 Å². The second-order valence-electron chi connectivity index (χ2n) is 7.43. The molecule has 0 bridgehead atoms. The van der Waals surface area contributed by atoms with Crippen LogP contribution in [0, 0.1) is 0 Å². The molecule has 0 saturated heterocycles. The van der Waals surface area contributed by atoms with E-state index in [4.69, 9.17) is 0 Å². The van der Waals surface area contributed by atoms with Crippen molar-refractivity contribution in [2.45, 2.75) is 25.7 Å². The Kier molecular flexibility index (Phi) is 6.87. The average molecular weight is 445 g/mol. The standard InChI is InChI=1S/C25H24N4O2S/c1-2-21(18-9-4-3-5-10-18)24-28-29-25(32-24)27-22(30)14-15-26-23(31)20-13-12-17-8-6-7-11-19(17)16-20/h3-13,16,21H,2,14-15H2,1H3,(H,26,31)(H,27,29,30). The van der Waals surface area contributed by atoms with Gasteiger partial charge in [-0.25, -0.2) is 0 Å². The molecule has 2 amide bonds. The average Bonchev–Trinajstić information content (AvgIpc) is 3.27. The summed E-state index contributed by atoms with van der Waals surface area (Å²) in [7, 11) is 0. The van der Waals surface area contributed by atoms with Gasteiger partial charge in [-0.1, -0.05) is 78.9 Å². The van der Waals surface area contributed by atoms with Crippen LogP contribution in [0.15, 0.2) is 72.8 Å². The minimum Gasteiger partial charge on any atom is -0.352 e. The summed E-state index contributed by atoms with van der Waals surface area (Å²) in [6, 6.07) is 23.6. The lowest BCUT2D eigenvalue weighted by atomic mass is 9.97. The molecule has 7 heteroatoms. The van der Waals surface area contributed by atoms with Gasteiger partial charge in [0, 0.05) is 24.4 Å². The van der Waals surface area contributed by atoms with Crippen molar-refractivity contribution in [1.82, 2.24) is 15.5 Å². The Balaban J connectivity index is 1.29. The molecule has 1 heterocycles. The van der Waals surface area contributed by atoms with E-state index >= 15 is 0 Å². The zero-order chi connectivity index (χ0) is 22.3. The predicted molar refractivity (Wildman–Crippen MR) is 128 cm³/mol. The third kappa shape index (κ3) is 5.18. The van der Waals surface area contributed by atoms with Crippen molar-refractivity contribution in [3.05, 3.63) is 88.9 Å². The smallest absolute Gasteiger partial charge is 0.251 e. The molecule has 0 fully saturated rings. The van der Waals surface area contributed by atoms with Crippen LogP contribution in [0.25, 0.3) is 10.8 Å².